The smallest absolute Gasteiger partial charge is 0.407 e. The van der Waals surface area contributed by atoms with Gasteiger partial charge in [-0.15, -0.1) is 0 Å². The minimum absolute atomic E-state index is 0.0169. The quantitative estimate of drug-likeness (QED) is 0.545. The molecule has 7 nitrogen and oxygen atoms in total. The van der Waals surface area contributed by atoms with E-state index >= 15 is 0 Å². The lowest BCUT2D eigenvalue weighted by Gasteiger charge is -2.27. The van der Waals surface area contributed by atoms with Crippen LogP contribution in [0.2, 0.25) is 0 Å². The van der Waals surface area contributed by atoms with Crippen molar-refractivity contribution in [2.24, 2.45) is 0 Å². The standard InChI is InChI=1S/C25H26F2N2O5/c26-22(27)13-29(15-9-10-15)24(32)21(11-12-23(30)31)28-25(33)34-14-20-18-7-3-1-5-16(18)17-6-2-4-8-19(17)20/h1-8,15,20-22H,9-14H2,(H,28,33)(H,30,31). The number of nitrogens with zero attached hydrogens (tertiary/aromatic N) is 1. The Morgan fingerprint density at radius 1 is 1.03 bits per heavy atom. The molecular formula is C25H26F2N2O5. The Morgan fingerprint density at radius 3 is 2.15 bits per heavy atom. The maximum absolute atomic E-state index is 13.0. The van der Waals surface area contributed by atoms with E-state index in [4.69, 9.17) is 9.84 Å². The molecule has 0 bridgehead atoms. The zero-order chi connectivity index (χ0) is 24.2. The molecule has 1 saturated carbocycles. The van der Waals surface area contributed by atoms with Gasteiger partial charge in [0, 0.05) is 18.4 Å². The number of fused-ring (bicyclic) bond motifs is 3. The fourth-order valence-corrected chi connectivity index (χ4v) is 4.46. The van der Waals surface area contributed by atoms with E-state index in [1.165, 1.54) is 0 Å². The summed E-state index contributed by atoms with van der Waals surface area (Å²) in [6.45, 7) is -0.734. The number of carbonyl (C=O) groups excluding carboxylic acids is 2. The van der Waals surface area contributed by atoms with Crippen molar-refractivity contribution in [2.75, 3.05) is 13.2 Å². The van der Waals surface area contributed by atoms with Crippen LogP contribution < -0.4 is 5.32 Å². The van der Waals surface area contributed by atoms with Gasteiger partial charge in [-0.05, 0) is 41.5 Å². The first-order valence-electron chi connectivity index (χ1n) is 11.3. The Labute approximate surface area is 195 Å². The Hall–Kier alpha value is -3.49. The highest BCUT2D eigenvalue weighted by Gasteiger charge is 2.38. The Kier molecular flexibility index (Phi) is 7.09. The summed E-state index contributed by atoms with van der Waals surface area (Å²) in [4.78, 5) is 37.6. The molecule has 0 radical (unpaired) electrons. The van der Waals surface area contributed by atoms with Gasteiger partial charge in [0.2, 0.25) is 5.91 Å². The third-order valence-corrected chi connectivity index (χ3v) is 6.19. The third-order valence-electron chi connectivity index (χ3n) is 6.19. The van der Waals surface area contributed by atoms with Crippen LogP contribution in [0.25, 0.3) is 11.1 Å². The van der Waals surface area contributed by atoms with E-state index < -0.39 is 43.4 Å². The van der Waals surface area contributed by atoms with Crippen LogP contribution in [0.1, 0.15) is 42.7 Å². The average molecular weight is 472 g/mol. The topological polar surface area (TPSA) is 95.9 Å². The maximum Gasteiger partial charge on any atom is 0.407 e. The molecule has 34 heavy (non-hydrogen) atoms. The van der Waals surface area contributed by atoms with Crippen LogP contribution in [0, 0.1) is 0 Å². The highest BCUT2D eigenvalue weighted by atomic mass is 19.3. The molecule has 2 aromatic rings. The van der Waals surface area contributed by atoms with Crippen molar-refractivity contribution in [3.05, 3.63) is 59.7 Å². The number of rotatable bonds is 10. The van der Waals surface area contributed by atoms with E-state index in [0.717, 1.165) is 27.2 Å². The number of aliphatic carboxylic acids is 1. The number of amides is 2. The van der Waals surface area contributed by atoms with Crippen molar-refractivity contribution in [1.82, 2.24) is 10.2 Å². The second-order valence-electron chi connectivity index (χ2n) is 8.57. The number of ether oxygens (including phenoxy) is 1. The number of hydrogen-bond donors (Lipinski definition) is 2. The van der Waals surface area contributed by atoms with Crippen LogP contribution in [0.5, 0.6) is 0 Å². The second-order valence-corrected chi connectivity index (χ2v) is 8.57. The molecule has 0 aliphatic heterocycles. The molecule has 1 atom stereocenters. The molecular weight excluding hydrogens is 446 g/mol. The van der Waals surface area contributed by atoms with Crippen LogP contribution in [-0.2, 0) is 14.3 Å². The number of benzene rings is 2. The molecule has 2 aromatic carbocycles. The van der Waals surface area contributed by atoms with E-state index in [9.17, 15) is 23.2 Å². The second kappa shape index (κ2) is 10.2. The molecule has 2 aliphatic rings. The van der Waals surface area contributed by atoms with E-state index in [1.807, 2.05) is 48.5 Å². The minimum Gasteiger partial charge on any atom is -0.481 e. The number of hydrogen-bond acceptors (Lipinski definition) is 4. The predicted molar refractivity (Wildman–Crippen MR) is 120 cm³/mol. The van der Waals surface area contributed by atoms with Gasteiger partial charge in [-0.2, -0.15) is 0 Å². The predicted octanol–water partition coefficient (Wildman–Crippen LogP) is 4.01. The van der Waals surface area contributed by atoms with Crippen LogP contribution in [0.3, 0.4) is 0 Å². The van der Waals surface area contributed by atoms with Crippen molar-refractivity contribution in [2.45, 2.75) is 50.1 Å². The average Bonchev–Trinajstić information content (AvgIpc) is 3.61. The number of carboxylic acid groups (broad SMARTS) is 1. The van der Waals surface area contributed by atoms with Crippen molar-refractivity contribution in [3.63, 3.8) is 0 Å². The fourth-order valence-electron chi connectivity index (χ4n) is 4.46. The molecule has 0 spiro atoms. The molecule has 4 rings (SSSR count). The van der Waals surface area contributed by atoms with E-state index in [2.05, 4.69) is 5.32 Å². The van der Waals surface area contributed by atoms with Gasteiger partial charge in [-0.3, -0.25) is 9.59 Å². The Bertz CT molecular complexity index is 1030. The molecule has 1 fully saturated rings. The third kappa shape index (κ3) is 5.35. The summed E-state index contributed by atoms with van der Waals surface area (Å²) in [5.74, 6) is -2.05. The lowest BCUT2D eigenvalue weighted by atomic mass is 9.98. The SMILES string of the molecule is O=C(O)CCC(NC(=O)OCC1c2ccccc2-c2ccccc21)C(=O)N(CC(F)F)C1CC1. The van der Waals surface area contributed by atoms with Crippen molar-refractivity contribution >= 4 is 18.0 Å². The number of alkyl halides is 2. The van der Waals surface area contributed by atoms with Crippen LogP contribution in [0.4, 0.5) is 13.6 Å². The maximum atomic E-state index is 13.0. The molecule has 1 unspecified atom stereocenters. The lowest BCUT2D eigenvalue weighted by Crippen LogP contribution is -2.51. The molecule has 2 aliphatic carbocycles. The number of nitrogens with one attached hydrogen (secondary N) is 1. The summed E-state index contributed by atoms with van der Waals surface area (Å²) in [5.41, 5.74) is 4.17. The van der Waals surface area contributed by atoms with Gasteiger partial charge in [-0.1, -0.05) is 48.5 Å². The molecule has 0 heterocycles. The van der Waals surface area contributed by atoms with Gasteiger partial charge in [-0.25, -0.2) is 13.6 Å². The summed E-state index contributed by atoms with van der Waals surface area (Å²) < 4.78 is 31.5. The Morgan fingerprint density at radius 2 is 1.62 bits per heavy atom. The van der Waals surface area contributed by atoms with Gasteiger partial charge >= 0.3 is 12.1 Å². The number of alkyl carbamates (subject to hydrolysis) is 1. The van der Waals surface area contributed by atoms with Crippen LogP contribution >= 0.6 is 0 Å². The highest BCUT2D eigenvalue weighted by Crippen LogP contribution is 2.44. The molecule has 0 saturated heterocycles. The first kappa shape index (κ1) is 23.7. The van der Waals surface area contributed by atoms with Crippen LogP contribution in [-0.4, -0.2) is 59.6 Å². The van der Waals surface area contributed by atoms with Crippen molar-refractivity contribution < 1.29 is 33.0 Å². The zero-order valence-corrected chi connectivity index (χ0v) is 18.5. The summed E-state index contributed by atoms with van der Waals surface area (Å²) >= 11 is 0. The monoisotopic (exact) mass is 472 g/mol. The van der Waals surface area contributed by atoms with Gasteiger partial charge < -0.3 is 20.1 Å². The van der Waals surface area contributed by atoms with Crippen molar-refractivity contribution in [3.8, 4) is 11.1 Å². The van der Waals surface area contributed by atoms with Gasteiger partial charge in [0.15, 0.2) is 0 Å². The normalized spacial score (nSPS) is 15.4. The van der Waals surface area contributed by atoms with E-state index in [0.29, 0.717) is 12.8 Å². The minimum atomic E-state index is -2.72. The molecule has 180 valence electrons. The lowest BCUT2D eigenvalue weighted by molar-refractivity contribution is -0.138. The molecule has 9 heteroatoms. The van der Waals surface area contributed by atoms with Gasteiger partial charge in [0.25, 0.3) is 6.43 Å². The zero-order valence-electron chi connectivity index (χ0n) is 18.5. The molecule has 0 aromatic heterocycles. The van der Waals surface area contributed by atoms with Gasteiger partial charge in [0.05, 0.1) is 6.54 Å². The van der Waals surface area contributed by atoms with Gasteiger partial charge in [0.1, 0.15) is 12.6 Å². The first-order chi connectivity index (χ1) is 16.3. The van der Waals surface area contributed by atoms with Crippen molar-refractivity contribution in [1.29, 1.82) is 0 Å². The summed E-state index contributed by atoms with van der Waals surface area (Å²) in [6, 6.07) is 14.1. The number of carboxylic acids is 1. The largest absolute Gasteiger partial charge is 0.481 e. The molecule has 2 amide bonds. The molecule has 2 N–H and O–H groups in total. The first-order valence-corrected chi connectivity index (χ1v) is 11.3. The summed E-state index contributed by atoms with van der Waals surface area (Å²) in [6.07, 6.45) is -3.01. The number of halogens is 2. The summed E-state index contributed by atoms with van der Waals surface area (Å²) in [5, 5.41) is 11.4. The fraction of sp³-hybridized carbons (Fsp3) is 0.400. The Balaban J connectivity index is 1.44. The highest BCUT2D eigenvalue weighted by molar-refractivity contribution is 5.87. The van der Waals surface area contributed by atoms with E-state index in [1.54, 1.807) is 0 Å². The number of carbonyl (C=O) groups is 3. The summed E-state index contributed by atoms with van der Waals surface area (Å²) in [7, 11) is 0. The van der Waals surface area contributed by atoms with E-state index in [-0.39, 0.29) is 25.0 Å². The van der Waals surface area contributed by atoms with Crippen LogP contribution in [0.15, 0.2) is 48.5 Å².